The second kappa shape index (κ2) is 9.83. The summed E-state index contributed by atoms with van der Waals surface area (Å²) in [5.74, 6) is 0. The zero-order chi connectivity index (χ0) is 13.1. The summed E-state index contributed by atoms with van der Waals surface area (Å²) in [6.07, 6.45) is 4.23. The fraction of sp³-hybridized carbons (Fsp3) is 1.00. The van der Waals surface area contributed by atoms with E-state index in [1.54, 1.807) is 0 Å². The van der Waals surface area contributed by atoms with Crippen molar-refractivity contribution in [3.63, 3.8) is 0 Å². The van der Waals surface area contributed by atoms with Gasteiger partial charge in [0.05, 0.1) is 19.3 Å². The van der Waals surface area contributed by atoms with Gasteiger partial charge in [0.15, 0.2) is 0 Å². The zero-order valence-electron chi connectivity index (χ0n) is 11.5. The van der Waals surface area contributed by atoms with Gasteiger partial charge in [0.1, 0.15) is 0 Å². The molecule has 4 nitrogen and oxygen atoms in total. The molecule has 0 saturated carbocycles. The van der Waals surface area contributed by atoms with Crippen LogP contribution in [0.25, 0.3) is 0 Å². The maximum atomic E-state index is 9.64. The van der Waals surface area contributed by atoms with Crippen molar-refractivity contribution in [2.24, 2.45) is 0 Å². The first-order valence-corrected chi connectivity index (χ1v) is 6.63. The Morgan fingerprint density at radius 1 is 1.24 bits per heavy atom. The largest absolute Gasteiger partial charge is 0.394 e. The summed E-state index contributed by atoms with van der Waals surface area (Å²) in [6, 6.07) is 0. The molecule has 0 rings (SSSR count). The van der Waals surface area contributed by atoms with Gasteiger partial charge in [0, 0.05) is 18.7 Å². The van der Waals surface area contributed by atoms with Gasteiger partial charge < -0.3 is 20.3 Å². The van der Waals surface area contributed by atoms with E-state index in [1.807, 2.05) is 13.8 Å². The maximum Gasteiger partial charge on any atom is 0.0897 e. The number of aliphatic hydroxyl groups is 2. The quantitative estimate of drug-likeness (QED) is 0.482. The SMILES string of the molecule is CCCCCCOCC(O)CNC(C)(C)CO. The number of hydrogen-bond acceptors (Lipinski definition) is 4. The third kappa shape index (κ3) is 10.7. The summed E-state index contributed by atoms with van der Waals surface area (Å²) < 4.78 is 5.39. The maximum absolute atomic E-state index is 9.64. The summed E-state index contributed by atoms with van der Waals surface area (Å²) in [6.45, 7) is 7.55. The Kier molecular flexibility index (Phi) is 9.74. The van der Waals surface area contributed by atoms with Crippen molar-refractivity contribution in [2.75, 3.05) is 26.4 Å². The molecule has 0 amide bonds. The number of rotatable bonds is 11. The molecule has 0 heterocycles. The molecule has 0 aliphatic heterocycles. The van der Waals surface area contributed by atoms with Gasteiger partial charge in [-0.1, -0.05) is 26.2 Å². The van der Waals surface area contributed by atoms with Crippen LogP contribution in [-0.4, -0.2) is 48.2 Å². The molecule has 4 heteroatoms. The van der Waals surface area contributed by atoms with Gasteiger partial charge in [-0.2, -0.15) is 0 Å². The third-order valence-corrected chi connectivity index (χ3v) is 2.66. The average molecular weight is 247 g/mol. The fourth-order valence-electron chi connectivity index (χ4n) is 1.36. The standard InChI is InChI=1S/C13H29NO3/c1-4-5-6-7-8-17-10-12(16)9-14-13(2,3)11-15/h12,14-16H,4-11H2,1-3H3. The molecule has 0 saturated heterocycles. The molecule has 0 bridgehead atoms. The number of β-amino-alcohol motifs (C(OH)–C–C–N with tert-alkyl or cyclic N) is 1. The van der Waals surface area contributed by atoms with Crippen molar-refractivity contribution in [2.45, 2.75) is 58.1 Å². The third-order valence-electron chi connectivity index (χ3n) is 2.66. The molecule has 0 aliphatic rings. The lowest BCUT2D eigenvalue weighted by molar-refractivity contribution is 0.0298. The van der Waals surface area contributed by atoms with Crippen LogP contribution in [0.2, 0.25) is 0 Å². The number of unbranched alkanes of at least 4 members (excludes halogenated alkanes) is 3. The van der Waals surface area contributed by atoms with Gasteiger partial charge in [0.25, 0.3) is 0 Å². The Bertz CT molecular complexity index is 174. The second-order valence-electron chi connectivity index (χ2n) is 5.21. The molecule has 104 valence electrons. The summed E-state index contributed by atoms with van der Waals surface area (Å²) in [5.41, 5.74) is -0.345. The van der Waals surface area contributed by atoms with Crippen LogP contribution in [0.3, 0.4) is 0 Å². The van der Waals surface area contributed by atoms with Gasteiger partial charge in [-0.05, 0) is 20.3 Å². The van der Waals surface area contributed by atoms with Crippen LogP contribution in [0.15, 0.2) is 0 Å². The molecule has 0 aromatic carbocycles. The van der Waals surface area contributed by atoms with Crippen molar-refractivity contribution in [3.8, 4) is 0 Å². The van der Waals surface area contributed by atoms with Gasteiger partial charge >= 0.3 is 0 Å². The lowest BCUT2D eigenvalue weighted by Gasteiger charge is -2.25. The molecule has 3 N–H and O–H groups in total. The molecular weight excluding hydrogens is 218 g/mol. The molecule has 0 aliphatic carbocycles. The molecule has 0 spiro atoms. The van der Waals surface area contributed by atoms with Gasteiger partial charge in [0.2, 0.25) is 0 Å². The van der Waals surface area contributed by atoms with Gasteiger partial charge in [-0.15, -0.1) is 0 Å². The Hall–Kier alpha value is -0.160. The van der Waals surface area contributed by atoms with Crippen molar-refractivity contribution < 1.29 is 14.9 Å². The number of hydrogen-bond donors (Lipinski definition) is 3. The Morgan fingerprint density at radius 2 is 1.94 bits per heavy atom. The van der Waals surface area contributed by atoms with Crippen LogP contribution in [0.5, 0.6) is 0 Å². The first-order valence-electron chi connectivity index (χ1n) is 6.63. The van der Waals surface area contributed by atoms with Crippen LogP contribution in [-0.2, 0) is 4.74 Å². The van der Waals surface area contributed by atoms with E-state index < -0.39 is 6.10 Å². The lowest BCUT2D eigenvalue weighted by Crippen LogP contribution is -2.46. The van der Waals surface area contributed by atoms with E-state index in [0.29, 0.717) is 13.2 Å². The highest BCUT2D eigenvalue weighted by molar-refractivity contribution is 4.77. The number of ether oxygens (including phenoxy) is 1. The van der Waals surface area contributed by atoms with Crippen molar-refractivity contribution >= 4 is 0 Å². The van der Waals surface area contributed by atoms with Crippen molar-refractivity contribution in [3.05, 3.63) is 0 Å². The highest BCUT2D eigenvalue weighted by Crippen LogP contribution is 2.01. The number of nitrogens with one attached hydrogen (secondary N) is 1. The van der Waals surface area contributed by atoms with Crippen LogP contribution < -0.4 is 5.32 Å². The van der Waals surface area contributed by atoms with Crippen LogP contribution in [0.1, 0.15) is 46.5 Å². The number of aliphatic hydroxyl groups excluding tert-OH is 2. The van der Waals surface area contributed by atoms with E-state index in [-0.39, 0.29) is 12.1 Å². The summed E-state index contributed by atoms with van der Waals surface area (Å²) in [5, 5.41) is 21.8. The molecular formula is C13H29NO3. The molecule has 0 radical (unpaired) electrons. The van der Waals surface area contributed by atoms with Crippen LogP contribution >= 0.6 is 0 Å². The highest BCUT2D eigenvalue weighted by atomic mass is 16.5. The smallest absolute Gasteiger partial charge is 0.0897 e. The molecule has 0 fully saturated rings. The predicted molar refractivity (Wildman–Crippen MR) is 70.1 cm³/mol. The van der Waals surface area contributed by atoms with E-state index in [2.05, 4.69) is 12.2 Å². The van der Waals surface area contributed by atoms with Crippen LogP contribution in [0, 0.1) is 0 Å². The minimum atomic E-state index is -0.507. The van der Waals surface area contributed by atoms with Crippen molar-refractivity contribution in [1.82, 2.24) is 5.32 Å². The molecule has 0 aromatic heterocycles. The zero-order valence-corrected chi connectivity index (χ0v) is 11.5. The first-order chi connectivity index (χ1) is 8.02. The summed E-state index contributed by atoms with van der Waals surface area (Å²) in [7, 11) is 0. The normalized spacial score (nSPS) is 13.9. The molecule has 0 aromatic rings. The molecule has 17 heavy (non-hydrogen) atoms. The monoisotopic (exact) mass is 247 g/mol. The van der Waals surface area contributed by atoms with Crippen molar-refractivity contribution in [1.29, 1.82) is 0 Å². The summed E-state index contributed by atoms with van der Waals surface area (Å²) >= 11 is 0. The Labute approximate surface area is 105 Å². The summed E-state index contributed by atoms with van der Waals surface area (Å²) in [4.78, 5) is 0. The average Bonchev–Trinajstić information content (AvgIpc) is 2.31. The Morgan fingerprint density at radius 3 is 2.53 bits per heavy atom. The minimum absolute atomic E-state index is 0.0532. The first kappa shape index (κ1) is 16.8. The van der Waals surface area contributed by atoms with Crippen LogP contribution in [0.4, 0.5) is 0 Å². The Balaban J connectivity index is 3.37. The van der Waals surface area contributed by atoms with E-state index >= 15 is 0 Å². The fourth-order valence-corrected chi connectivity index (χ4v) is 1.36. The highest BCUT2D eigenvalue weighted by Gasteiger charge is 2.16. The van der Waals surface area contributed by atoms with E-state index in [4.69, 9.17) is 9.84 Å². The molecule has 1 atom stereocenters. The van der Waals surface area contributed by atoms with E-state index in [1.165, 1.54) is 19.3 Å². The topological polar surface area (TPSA) is 61.7 Å². The predicted octanol–water partition coefficient (Wildman–Crippen LogP) is 1.30. The van der Waals surface area contributed by atoms with Gasteiger partial charge in [-0.25, -0.2) is 0 Å². The lowest BCUT2D eigenvalue weighted by atomic mass is 10.1. The van der Waals surface area contributed by atoms with E-state index in [9.17, 15) is 5.11 Å². The second-order valence-corrected chi connectivity index (χ2v) is 5.21. The van der Waals surface area contributed by atoms with E-state index in [0.717, 1.165) is 13.0 Å². The molecule has 1 unspecified atom stereocenters. The van der Waals surface area contributed by atoms with Gasteiger partial charge in [-0.3, -0.25) is 0 Å². The minimum Gasteiger partial charge on any atom is -0.394 e.